The zero-order valence-electron chi connectivity index (χ0n) is 14.5. The molecule has 1 N–H and O–H groups in total. The minimum atomic E-state index is -0.956. The number of hydrogen-bond acceptors (Lipinski definition) is 5. The monoisotopic (exact) mass is 336 g/mol. The standard InChI is InChI=1S/C17H24N2O5/c1-17(16(21)18-7-8-22-2)6-5-15(20)19(17)12-9-13(23-3)11-14(10-12)24-4/h9-11H,5-8H2,1-4H3,(H,18,21). The third-order valence-corrected chi connectivity index (χ3v) is 4.24. The van der Waals surface area contributed by atoms with E-state index in [4.69, 9.17) is 14.2 Å². The number of hydrogen-bond donors (Lipinski definition) is 1. The molecule has 0 radical (unpaired) electrons. The van der Waals surface area contributed by atoms with Crippen LogP contribution in [0.2, 0.25) is 0 Å². The maximum Gasteiger partial charge on any atom is 0.246 e. The second kappa shape index (κ2) is 7.53. The summed E-state index contributed by atoms with van der Waals surface area (Å²) in [7, 11) is 4.66. The van der Waals surface area contributed by atoms with Crippen LogP contribution in [0.25, 0.3) is 0 Å². The Morgan fingerprint density at radius 2 is 1.83 bits per heavy atom. The van der Waals surface area contributed by atoms with E-state index in [-0.39, 0.29) is 11.8 Å². The van der Waals surface area contributed by atoms with Crippen LogP contribution in [0.1, 0.15) is 19.8 Å². The fourth-order valence-corrected chi connectivity index (χ4v) is 2.87. The van der Waals surface area contributed by atoms with Crippen LogP contribution >= 0.6 is 0 Å². The number of benzene rings is 1. The minimum absolute atomic E-state index is 0.102. The Balaban J connectivity index is 2.35. The zero-order valence-corrected chi connectivity index (χ0v) is 14.5. The van der Waals surface area contributed by atoms with Gasteiger partial charge in [0.05, 0.1) is 26.5 Å². The van der Waals surface area contributed by atoms with Gasteiger partial charge in [-0.05, 0) is 13.3 Å². The molecule has 1 atom stereocenters. The molecule has 1 aliphatic heterocycles. The van der Waals surface area contributed by atoms with Gasteiger partial charge >= 0.3 is 0 Å². The average molecular weight is 336 g/mol. The van der Waals surface area contributed by atoms with Crippen LogP contribution in [0.3, 0.4) is 0 Å². The highest BCUT2D eigenvalue weighted by Crippen LogP contribution is 2.38. The molecule has 0 spiro atoms. The van der Waals surface area contributed by atoms with E-state index >= 15 is 0 Å². The topological polar surface area (TPSA) is 77.1 Å². The summed E-state index contributed by atoms with van der Waals surface area (Å²) in [5.41, 5.74) is -0.375. The maximum absolute atomic E-state index is 12.7. The number of carbonyl (C=O) groups is 2. The largest absolute Gasteiger partial charge is 0.497 e. The van der Waals surface area contributed by atoms with Gasteiger partial charge in [-0.1, -0.05) is 0 Å². The lowest BCUT2D eigenvalue weighted by molar-refractivity contribution is -0.127. The van der Waals surface area contributed by atoms with Crippen molar-refractivity contribution in [2.75, 3.05) is 39.4 Å². The predicted octanol–water partition coefficient (Wildman–Crippen LogP) is 1.35. The molecule has 7 nitrogen and oxygen atoms in total. The summed E-state index contributed by atoms with van der Waals surface area (Å²) in [5, 5.41) is 2.82. The Labute approximate surface area is 141 Å². The first-order valence-corrected chi connectivity index (χ1v) is 7.79. The molecule has 1 fully saturated rings. The lowest BCUT2D eigenvalue weighted by Gasteiger charge is -2.34. The van der Waals surface area contributed by atoms with E-state index in [0.29, 0.717) is 43.2 Å². The fraction of sp³-hybridized carbons (Fsp3) is 0.529. The SMILES string of the molecule is COCCNC(=O)C1(C)CCC(=O)N1c1cc(OC)cc(OC)c1. The minimum Gasteiger partial charge on any atom is -0.497 e. The van der Waals surface area contributed by atoms with Crippen molar-refractivity contribution >= 4 is 17.5 Å². The summed E-state index contributed by atoms with van der Waals surface area (Å²) in [6, 6.07) is 5.18. The van der Waals surface area contributed by atoms with Crippen molar-refractivity contribution in [3.63, 3.8) is 0 Å². The van der Waals surface area contributed by atoms with E-state index in [0.717, 1.165) is 0 Å². The molecule has 132 valence electrons. The van der Waals surface area contributed by atoms with Crippen molar-refractivity contribution < 1.29 is 23.8 Å². The lowest BCUT2D eigenvalue weighted by Crippen LogP contribution is -2.55. The molecule has 2 rings (SSSR count). The van der Waals surface area contributed by atoms with Gasteiger partial charge in [-0.3, -0.25) is 14.5 Å². The normalized spacial score (nSPS) is 20.2. The van der Waals surface area contributed by atoms with Gasteiger partial charge in [0.25, 0.3) is 0 Å². The average Bonchev–Trinajstić information content (AvgIpc) is 2.90. The summed E-state index contributed by atoms with van der Waals surface area (Å²) < 4.78 is 15.5. The molecule has 1 aliphatic rings. The highest BCUT2D eigenvalue weighted by Gasteiger charge is 2.48. The van der Waals surface area contributed by atoms with Crippen molar-refractivity contribution in [3.8, 4) is 11.5 Å². The third kappa shape index (κ3) is 3.46. The molecule has 1 unspecified atom stereocenters. The number of nitrogens with one attached hydrogen (secondary N) is 1. The molecule has 1 saturated heterocycles. The van der Waals surface area contributed by atoms with Crippen LogP contribution in [-0.4, -0.2) is 51.8 Å². The molecular weight excluding hydrogens is 312 g/mol. The predicted molar refractivity (Wildman–Crippen MR) is 89.6 cm³/mol. The zero-order chi connectivity index (χ0) is 17.7. The van der Waals surface area contributed by atoms with E-state index in [2.05, 4.69) is 5.32 Å². The first-order chi connectivity index (χ1) is 11.5. The van der Waals surface area contributed by atoms with Gasteiger partial charge in [0.15, 0.2) is 0 Å². The quantitative estimate of drug-likeness (QED) is 0.761. The van der Waals surface area contributed by atoms with Crippen molar-refractivity contribution in [1.29, 1.82) is 0 Å². The summed E-state index contributed by atoms with van der Waals surface area (Å²) in [6.07, 6.45) is 0.762. The number of rotatable bonds is 7. The van der Waals surface area contributed by atoms with Gasteiger partial charge in [-0.25, -0.2) is 0 Å². The molecule has 2 amide bonds. The molecule has 0 saturated carbocycles. The second-order valence-corrected chi connectivity index (χ2v) is 5.82. The van der Waals surface area contributed by atoms with Gasteiger partial charge in [-0.15, -0.1) is 0 Å². The molecular formula is C17H24N2O5. The summed E-state index contributed by atoms with van der Waals surface area (Å²) >= 11 is 0. The van der Waals surface area contributed by atoms with E-state index in [1.165, 1.54) is 4.90 Å². The molecule has 0 bridgehead atoms. The molecule has 1 aromatic carbocycles. The van der Waals surface area contributed by atoms with E-state index in [1.807, 2.05) is 0 Å². The number of ether oxygens (including phenoxy) is 3. The molecule has 24 heavy (non-hydrogen) atoms. The molecule has 0 aliphatic carbocycles. The smallest absolute Gasteiger partial charge is 0.246 e. The molecule has 1 aromatic rings. The molecule has 7 heteroatoms. The van der Waals surface area contributed by atoms with Gasteiger partial charge in [0.1, 0.15) is 17.0 Å². The first kappa shape index (κ1) is 18.1. The van der Waals surface area contributed by atoms with Crippen LogP contribution in [-0.2, 0) is 14.3 Å². The molecule has 0 aromatic heterocycles. The number of anilines is 1. The Bertz CT molecular complexity index is 597. The summed E-state index contributed by atoms with van der Waals surface area (Å²) in [5.74, 6) is 0.819. The van der Waals surface area contributed by atoms with Crippen LogP contribution in [0.15, 0.2) is 18.2 Å². The van der Waals surface area contributed by atoms with Gasteiger partial charge < -0.3 is 19.5 Å². The number of carbonyl (C=O) groups excluding carboxylic acids is 2. The number of nitrogens with zero attached hydrogens (tertiary/aromatic N) is 1. The van der Waals surface area contributed by atoms with Crippen LogP contribution in [0.5, 0.6) is 11.5 Å². The van der Waals surface area contributed by atoms with Crippen molar-refractivity contribution in [2.45, 2.75) is 25.3 Å². The van der Waals surface area contributed by atoms with Crippen LogP contribution in [0, 0.1) is 0 Å². The van der Waals surface area contributed by atoms with Crippen molar-refractivity contribution in [2.24, 2.45) is 0 Å². The summed E-state index contributed by atoms with van der Waals surface area (Å²) in [6.45, 7) is 2.59. The number of methoxy groups -OCH3 is 3. The van der Waals surface area contributed by atoms with E-state index in [9.17, 15) is 9.59 Å². The Kier molecular flexibility index (Phi) is 5.66. The van der Waals surface area contributed by atoms with Crippen LogP contribution < -0.4 is 19.7 Å². The Morgan fingerprint density at radius 3 is 2.38 bits per heavy atom. The van der Waals surface area contributed by atoms with Crippen LogP contribution in [0.4, 0.5) is 5.69 Å². The maximum atomic E-state index is 12.7. The van der Waals surface area contributed by atoms with E-state index in [1.54, 1.807) is 46.5 Å². The van der Waals surface area contributed by atoms with Crippen molar-refractivity contribution in [1.82, 2.24) is 5.32 Å². The lowest BCUT2D eigenvalue weighted by atomic mass is 9.97. The number of amides is 2. The molecule has 1 heterocycles. The van der Waals surface area contributed by atoms with Gasteiger partial charge in [0, 0.05) is 38.3 Å². The first-order valence-electron chi connectivity index (χ1n) is 7.79. The highest BCUT2D eigenvalue weighted by molar-refractivity contribution is 6.06. The van der Waals surface area contributed by atoms with E-state index < -0.39 is 5.54 Å². The summed E-state index contributed by atoms with van der Waals surface area (Å²) in [4.78, 5) is 26.6. The van der Waals surface area contributed by atoms with Gasteiger partial charge in [-0.2, -0.15) is 0 Å². The Hall–Kier alpha value is -2.28. The highest BCUT2D eigenvalue weighted by atomic mass is 16.5. The fourth-order valence-electron chi connectivity index (χ4n) is 2.87. The van der Waals surface area contributed by atoms with Crippen molar-refractivity contribution in [3.05, 3.63) is 18.2 Å². The Morgan fingerprint density at radius 1 is 1.21 bits per heavy atom. The third-order valence-electron chi connectivity index (χ3n) is 4.24. The second-order valence-electron chi connectivity index (χ2n) is 5.82. The van der Waals surface area contributed by atoms with Gasteiger partial charge in [0.2, 0.25) is 11.8 Å².